The minimum atomic E-state index is 0.750. The Balaban J connectivity index is 0.00000123. The van der Waals surface area contributed by atoms with E-state index >= 15 is 0 Å². The molecule has 1 radical (unpaired) electrons. The Labute approximate surface area is 218 Å². The quantitative estimate of drug-likeness (QED) is 0.242. The molecule has 0 unspecified atom stereocenters. The molecule has 0 spiro atoms. The molecule has 1 aliphatic rings. The second kappa shape index (κ2) is 9.89. The van der Waals surface area contributed by atoms with Gasteiger partial charge in [-0.05, 0) is 72.8 Å². The standard InChI is InChI=1S/C35H24.CH3O/c1-2-9-24(10-3-1)25-17-19-27(20-18-25)35-30-14-7-4-11-26(30)21-22-33(35)32-16-8-15-31-29-13-6-5-12-28(29)23-34(31)32;1-2/h1-22H,23H2;1H3. The molecule has 0 heterocycles. The van der Waals surface area contributed by atoms with Crippen molar-refractivity contribution in [3.8, 4) is 44.5 Å². The average Bonchev–Trinajstić information content (AvgIpc) is 3.37. The lowest BCUT2D eigenvalue weighted by Crippen LogP contribution is -1.93. The topological polar surface area (TPSA) is 19.9 Å². The van der Waals surface area contributed by atoms with Crippen molar-refractivity contribution < 1.29 is 5.11 Å². The lowest BCUT2D eigenvalue weighted by atomic mass is 9.86. The Morgan fingerprint density at radius 3 is 1.84 bits per heavy atom. The monoisotopic (exact) mass is 475 g/mol. The van der Waals surface area contributed by atoms with E-state index in [1.54, 1.807) is 0 Å². The third kappa shape index (κ3) is 4.04. The number of benzene rings is 6. The molecule has 0 N–H and O–H groups in total. The smallest absolute Gasteiger partial charge is 0.0712 e. The molecule has 37 heavy (non-hydrogen) atoms. The van der Waals surface area contributed by atoms with Crippen molar-refractivity contribution in [1.29, 1.82) is 0 Å². The summed E-state index contributed by atoms with van der Waals surface area (Å²) in [7, 11) is 0.750. The molecule has 0 aliphatic heterocycles. The number of hydrogen-bond acceptors (Lipinski definition) is 0. The van der Waals surface area contributed by atoms with Crippen molar-refractivity contribution in [2.24, 2.45) is 0 Å². The molecule has 0 aromatic heterocycles. The molecule has 7 rings (SSSR count). The summed E-state index contributed by atoms with van der Waals surface area (Å²) in [5, 5.41) is 10.8. The Morgan fingerprint density at radius 1 is 0.432 bits per heavy atom. The second-order valence-electron chi connectivity index (χ2n) is 9.32. The van der Waals surface area contributed by atoms with Crippen molar-refractivity contribution in [2.45, 2.75) is 6.42 Å². The molecule has 0 atom stereocenters. The van der Waals surface area contributed by atoms with Crippen LogP contribution in [-0.4, -0.2) is 7.11 Å². The van der Waals surface area contributed by atoms with Crippen LogP contribution in [0.4, 0.5) is 0 Å². The average molecular weight is 476 g/mol. The van der Waals surface area contributed by atoms with Crippen molar-refractivity contribution in [1.82, 2.24) is 0 Å². The molecule has 1 aliphatic carbocycles. The van der Waals surface area contributed by atoms with E-state index in [0.717, 1.165) is 13.5 Å². The Morgan fingerprint density at radius 2 is 1.03 bits per heavy atom. The van der Waals surface area contributed by atoms with Crippen LogP contribution in [0, 0.1) is 0 Å². The molecule has 0 amide bonds. The van der Waals surface area contributed by atoms with Crippen LogP contribution in [0.2, 0.25) is 0 Å². The van der Waals surface area contributed by atoms with Gasteiger partial charge in [0.2, 0.25) is 0 Å². The van der Waals surface area contributed by atoms with E-state index in [4.69, 9.17) is 5.11 Å². The summed E-state index contributed by atoms with van der Waals surface area (Å²) < 4.78 is 0. The summed E-state index contributed by atoms with van der Waals surface area (Å²) in [6.07, 6.45) is 0.987. The van der Waals surface area contributed by atoms with Gasteiger partial charge in [-0.25, -0.2) is 5.11 Å². The summed E-state index contributed by atoms with van der Waals surface area (Å²) in [5.74, 6) is 0. The number of fused-ring (bicyclic) bond motifs is 4. The van der Waals surface area contributed by atoms with E-state index in [-0.39, 0.29) is 0 Å². The van der Waals surface area contributed by atoms with E-state index in [0.29, 0.717) is 0 Å². The molecule has 1 heteroatoms. The first-order chi connectivity index (χ1) is 18.4. The minimum absolute atomic E-state index is 0.750. The lowest BCUT2D eigenvalue weighted by Gasteiger charge is -2.17. The van der Waals surface area contributed by atoms with Crippen molar-refractivity contribution in [3.63, 3.8) is 0 Å². The van der Waals surface area contributed by atoms with Gasteiger partial charge in [-0.2, -0.15) is 0 Å². The normalized spacial score (nSPS) is 11.4. The highest BCUT2D eigenvalue weighted by molar-refractivity contribution is 6.05. The highest BCUT2D eigenvalue weighted by Gasteiger charge is 2.23. The first kappa shape index (κ1) is 23.0. The molecule has 6 aromatic carbocycles. The summed E-state index contributed by atoms with van der Waals surface area (Å²) in [5.41, 5.74) is 13.3. The van der Waals surface area contributed by atoms with Gasteiger partial charge in [-0.3, -0.25) is 0 Å². The summed E-state index contributed by atoms with van der Waals surface area (Å²) in [6.45, 7) is 0. The maximum absolute atomic E-state index is 8.25. The van der Waals surface area contributed by atoms with Crippen molar-refractivity contribution >= 4 is 10.8 Å². The molecular formula is C36H27O. The fourth-order valence-electron chi connectivity index (χ4n) is 5.68. The Kier molecular flexibility index (Phi) is 6.14. The zero-order chi connectivity index (χ0) is 25.2. The van der Waals surface area contributed by atoms with Crippen LogP contribution in [0.1, 0.15) is 11.1 Å². The maximum Gasteiger partial charge on any atom is 0.0712 e. The molecule has 6 aromatic rings. The van der Waals surface area contributed by atoms with Crippen LogP contribution in [0.15, 0.2) is 133 Å². The Hall–Kier alpha value is -4.46. The van der Waals surface area contributed by atoms with Gasteiger partial charge in [-0.15, -0.1) is 0 Å². The van der Waals surface area contributed by atoms with Crippen LogP contribution >= 0.6 is 0 Å². The number of rotatable bonds is 3. The molecule has 0 saturated carbocycles. The van der Waals surface area contributed by atoms with E-state index in [1.807, 2.05) is 0 Å². The first-order valence-corrected chi connectivity index (χ1v) is 12.7. The van der Waals surface area contributed by atoms with Gasteiger partial charge >= 0.3 is 0 Å². The fraction of sp³-hybridized carbons (Fsp3) is 0.0556. The molecule has 0 bridgehead atoms. The predicted octanol–water partition coefficient (Wildman–Crippen LogP) is 9.46. The van der Waals surface area contributed by atoms with Crippen LogP contribution in [0.25, 0.3) is 55.3 Å². The summed E-state index contributed by atoms with van der Waals surface area (Å²) in [6, 6.07) is 48.6. The SMILES string of the molecule is C[O].c1ccc(-c2ccc(-c3c(-c4cccc5c4Cc4ccccc4-5)ccc4ccccc34)cc2)cc1. The Bertz CT molecular complexity index is 1700. The lowest BCUT2D eigenvalue weighted by molar-refractivity contribution is 0.282. The predicted molar refractivity (Wildman–Crippen MR) is 155 cm³/mol. The molecule has 177 valence electrons. The van der Waals surface area contributed by atoms with Crippen LogP contribution in [-0.2, 0) is 11.5 Å². The van der Waals surface area contributed by atoms with E-state index in [1.165, 1.54) is 66.4 Å². The van der Waals surface area contributed by atoms with Crippen molar-refractivity contribution in [2.75, 3.05) is 7.11 Å². The van der Waals surface area contributed by atoms with Crippen molar-refractivity contribution in [3.05, 3.63) is 145 Å². The zero-order valence-electron chi connectivity index (χ0n) is 20.8. The zero-order valence-corrected chi connectivity index (χ0v) is 20.8. The van der Waals surface area contributed by atoms with E-state index in [2.05, 4.69) is 133 Å². The first-order valence-electron chi connectivity index (χ1n) is 12.7. The van der Waals surface area contributed by atoms with Gasteiger partial charge in [0.15, 0.2) is 0 Å². The number of hydrogen-bond donors (Lipinski definition) is 0. The third-order valence-electron chi connectivity index (χ3n) is 7.35. The van der Waals surface area contributed by atoms with Gasteiger partial charge in [0.25, 0.3) is 0 Å². The largest absolute Gasteiger partial charge is 0.240 e. The summed E-state index contributed by atoms with van der Waals surface area (Å²) >= 11 is 0. The van der Waals surface area contributed by atoms with E-state index < -0.39 is 0 Å². The van der Waals surface area contributed by atoms with E-state index in [9.17, 15) is 0 Å². The highest BCUT2D eigenvalue weighted by atomic mass is 16.2. The molecule has 0 fully saturated rings. The third-order valence-corrected chi connectivity index (χ3v) is 7.35. The van der Waals surface area contributed by atoms with Gasteiger partial charge in [-0.1, -0.05) is 133 Å². The van der Waals surface area contributed by atoms with Gasteiger partial charge in [0.05, 0.1) is 7.11 Å². The van der Waals surface area contributed by atoms with Gasteiger partial charge in [0, 0.05) is 0 Å². The van der Waals surface area contributed by atoms with Crippen LogP contribution in [0.5, 0.6) is 0 Å². The van der Waals surface area contributed by atoms with Crippen LogP contribution < -0.4 is 0 Å². The second-order valence-corrected chi connectivity index (χ2v) is 9.32. The maximum atomic E-state index is 8.25. The van der Waals surface area contributed by atoms with Gasteiger partial charge < -0.3 is 0 Å². The minimum Gasteiger partial charge on any atom is -0.240 e. The van der Waals surface area contributed by atoms with Gasteiger partial charge in [0.1, 0.15) is 0 Å². The summed E-state index contributed by atoms with van der Waals surface area (Å²) in [4.78, 5) is 0. The molecule has 1 nitrogen and oxygen atoms in total. The molecular weight excluding hydrogens is 448 g/mol. The fourth-order valence-corrected chi connectivity index (χ4v) is 5.68. The van der Waals surface area contributed by atoms with Crippen LogP contribution in [0.3, 0.4) is 0 Å². The highest BCUT2D eigenvalue weighted by Crippen LogP contribution is 2.45. The molecule has 0 saturated heterocycles.